The maximum atomic E-state index is 12.7. The number of piperidine rings is 1. The second-order valence-corrected chi connectivity index (χ2v) is 8.14. The summed E-state index contributed by atoms with van der Waals surface area (Å²) in [7, 11) is 0. The molecular weight excluding hydrogens is 340 g/mol. The third-order valence-electron chi connectivity index (χ3n) is 4.58. The number of hydrogen-bond donors (Lipinski definition) is 0. The Kier molecular flexibility index (Phi) is 5.61. The van der Waals surface area contributed by atoms with Crippen molar-refractivity contribution in [3.63, 3.8) is 0 Å². The fraction of sp³-hybridized carbons (Fsp3) is 0.588. The van der Waals surface area contributed by atoms with Crippen molar-refractivity contribution in [3.8, 4) is 10.7 Å². The molecule has 0 unspecified atom stereocenters. The first kappa shape index (κ1) is 17.5. The lowest BCUT2D eigenvalue weighted by molar-refractivity contribution is -0.134. The second-order valence-electron chi connectivity index (χ2n) is 6.25. The van der Waals surface area contributed by atoms with Crippen LogP contribution in [-0.4, -0.2) is 43.4 Å². The summed E-state index contributed by atoms with van der Waals surface area (Å²) in [6, 6.07) is 4.75. The Labute approximate surface area is 151 Å². The molecule has 24 heavy (non-hydrogen) atoms. The predicted octanol–water partition coefficient (Wildman–Crippen LogP) is 3.91. The molecule has 1 amide bonds. The van der Waals surface area contributed by atoms with Crippen molar-refractivity contribution in [2.24, 2.45) is 0 Å². The zero-order chi connectivity index (χ0) is 17.1. The molecular formula is C17H24N4OS2. The Bertz CT molecular complexity index is 673. The van der Waals surface area contributed by atoms with E-state index in [4.69, 9.17) is 0 Å². The first-order valence-electron chi connectivity index (χ1n) is 8.52. The van der Waals surface area contributed by atoms with Gasteiger partial charge in [-0.2, -0.15) is 0 Å². The fourth-order valence-electron chi connectivity index (χ4n) is 3.38. The van der Waals surface area contributed by atoms with Gasteiger partial charge < -0.3 is 9.47 Å². The average Bonchev–Trinajstić information content (AvgIpc) is 3.21. The van der Waals surface area contributed by atoms with Crippen molar-refractivity contribution in [2.45, 2.75) is 63.8 Å². The van der Waals surface area contributed by atoms with Gasteiger partial charge in [-0.25, -0.2) is 0 Å². The summed E-state index contributed by atoms with van der Waals surface area (Å²) < 4.78 is 2.09. The van der Waals surface area contributed by atoms with Crippen LogP contribution in [0.4, 0.5) is 0 Å². The number of carbonyl (C=O) groups is 1. The van der Waals surface area contributed by atoms with Gasteiger partial charge >= 0.3 is 0 Å². The quantitative estimate of drug-likeness (QED) is 0.755. The van der Waals surface area contributed by atoms with Crippen LogP contribution in [0.1, 0.15) is 40.0 Å². The number of rotatable bonds is 5. The fourth-order valence-corrected chi connectivity index (χ4v) is 4.97. The number of thioether (sulfide) groups is 1. The van der Waals surface area contributed by atoms with Crippen LogP contribution < -0.4 is 0 Å². The van der Waals surface area contributed by atoms with E-state index in [1.54, 1.807) is 11.3 Å². The Morgan fingerprint density at radius 2 is 2.08 bits per heavy atom. The van der Waals surface area contributed by atoms with Crippen LogP contribution in [-0.2, 0) is 11.3 Å². The van der Waals surface area contributed by atoms with Crippen LogP contribution in [0.2, 0.25) is 0 Å². The second kappa shape index (κ2) is 7.70. The van der Waals surface area contributed by atoms with Gasteiger partial charge in [0.15, 0.2) is 11.0 Å². The minimum atomic E-state index is 0.211. The van der Waals surface area contributed by atoms with Crippen LogP contribution >= 0.6 is 23.1 Å². The minimum Gasteiger partial charge on any atom is -0.337 e. The summed E-state index contributed by atoms with van der Waals surface area (Å²) >= 11 is 3.16. The Balaban J connectivity index is 1.69. The van der Waals surface area contributed by atoms with Gasteiger partial charge in [-0.1, -0.05) is 17.8 Å². The van der Waals surface area contributed by atoms with E-state index in [0.29, 0.717) is 17.8 Å². The zero-order valence-electron chi connectivity index (χ0n) is 14.4. The molecule has 1 fully saturated rings. The maximum absolute atomic E-state index is 12.7. The van der Waals surface area contributed by atoms with Crippen molar-refractivity contribution < 1.29 is 4.79 Å². The molecule has 7 heteroatoms. The number of thiophene rings is 1. The lowest BCUT2D eigenvalue weighted by Gasteiger charge is -2.39. The van der Waals surface area contributed by atoms with Crippen LogP contribution in [0.3, 0.4) is 0 Å². The minimum absolute atomic E-state index is 0.211. The van der Waals surface area contributed by atoms with Crippen molar-refractivity contribution in [2.75, 3.05) is 5.75 Å². The van der Waals surface area contributed by atoms with E-state index in [0.717, 1.165) is 35.2 Å². The molecule has 1 aliphatic heterocycles. The number of nitrogens with zero attached hydrogens (tertiary/aromatic N) is 4. The molecule has 5 nitrogen and oxygen atoms in total. The highest BCUT2D eigenvalue weighted by molar-refractivity contribution is 7.99. The Morgan fingerprint density at radius 3 is 2.71 bits per heavy atom. The van der Waals surface area contributed by atoms with Gasteiger partial charge in [0, 0.05) is 18.6 Å². The molecule has 1 saturated heterocycles. The number of amides is 1. The van der Waals surface area contributed by atoms with Crippen molar-refractivity contribution in [1.29, 1.82) is 0 Å². The zero-order valence-corrected chi connectivity index (χ0v) is 16.1. The molecule has 0 aromatic carbocycles. The third kappa shape index (κ3) is 3.52. The normalized spacial score (nSPS) is 21.2. The van der Waals surface area contributed by atoms with Gasteiger partial charge in [-0.05, 0) is 51.5 Å². The molecule has 0 bridgehead atoms. The summed E-state index contributed by atoms with van der Waals surface area (Å²) in [5, 5.41) is 11.5. The monoisotopic (exact) mass is 364 g/mol. The molecule has 3 heterocycles. The molecule has 2 aromatic rings. The lowest BCUT2D eigenvalue weighted by Crippen LogP contribution is -2.48. The van der Waals surface area contributed by atoms with Crippen molar-refractivity contribution in [3.05, 3.63) is 17.5 Å². The number of likely N-dealkylation sites (tertiary alicyclic amines) is 1. The van der Waals surface area contributed by atoms with E-state index in [1.807, 2.05) is 11.4 Å². The highest BCUT2D eigenvalue weighted by Crippen LogP contribution is 2.28. The summed E-state index contributed by atoms with van der Waals surface area (Å²) in [6.07, 6.45) is 3.43. The van der Waals surface area contributed by atoms with Gasteiger partial charge in [-0.3, -0.25) is 4.79 Å². The molecule has 130 valence electrons. The van der Waals surface area contributed by atoms with E-state index < -0.39 is 0 Å². The van der Waals surface area contributed by atoms with Gasteiger partial charge in [0.1, 0.15) is 0 Å². The largest absolute Gasteiger partial charge is 0.337 e. The average molecular weight is 365 g/mol. The number of aromatic nitrogens is 3. The van der Waals surface area contributed by atoms with E-state index in [2.05, 4.69) is 46.5 Å². The third-order valence-corrected chi connectivity index (χ3v) is 6.40. The summed E-state index contributed by atoms with van der Waals surface area (Å²) in [6.45, 7) is 7.19. The van der Waals surface area contributed by atoms with Gasteiger partial charge in [-0.15, -0.1) is 21.5 Å². The van der Waals surface area contributed by atoms with E-state index in [1.165, 1.54) is 18.2 Å². The molecule has 0 aliphatic carbocycles. The number of carbonyl (C=O) groups excluding carboxylic acids is 1. The first-order valence-corrected chi connectivity index (χ1v) is 10.4. The summed E-state index contributed by atoms with van der Waals surface area (Å²) in [5.41, 5.74) is 0. The topological polar surface area (TPSA) is 51.0 Å². The van der Waals surface area contributed by atoms with Crippen LogP contribution in [0.5, 0.6) is 0 Å². The Hall–Kier alpha value is -1.34. The van der Waals surface area contributed by atoms with Crippen molar-refractivity contribution >= 4 is 29.0 Å². The standard InChI is InChI=1S/C17H24N4OS2/c1-4-20-16(14-9-6-10-23-14)18-19-17(20)24-11-15(22)21-12(2)7-5-8-13(21)3/h6,9-10,12-13H,4-5,7-8,11H2,1-3H3/t12-,13+. The number of hydrogen-bond acceptors (Lipinski definition) is 5. The molecule has 0 N–H and O–H groups in total. The van der Waals surface area contributed by atoms with Gasteiger partial charge in [0.25, 0.3) is 0 Å². The summed E-state index contributed by atoms with van der Waals surface area (Å²) in [5.74, 6) is 1.53. The van der Waals surface area contributed by atoms with Crippen LogP contribution in [0.25, 0.3) is 10.7 Å². The molecule has 0 radical (unpaired) electrons. The first-order chi connectivity index (χ1) is 11.6. The SMILES string of the molecule is CCn1c(SCC(=O)N2[C@H](C)CCC[C@@H]2C)nnc1-c1cccs1. The molecule has 0 spiro atoms. The lowest BCUT2D eigenvalue weighted by atomic mass is 9.98. The molecule has 2 atom stereocenters. The molecule has 2 aromatic heterocycles. The van der Waals surface area contributed by atoms with Crippen LogP contribution in [0.15, 0.2) is 22.7 Å². The highest BCUT2D eigenvalue weighted by atomic mass is 32.2. The molecule has 3 rings (SSSR count). The van der Waals surface area contributed by atoms with Crippen molar-refractivity contribution in [1.82, 2.24) is 19.7 Å². The van der Waals surface area contributed by atoms with Crippen LogP contribution in [0, 0.1) is 0 Å². The van der Waals surface area contributed by atoms with E-state index >= 15 is 0 Å². The molecule has 1 aliphatic rings. The molecule has 0 saturated carbocycles. The van der Waals surface area contributed by atoms with Gasteiger partial charge in [0.05, 0.1) is 10.6 Å². The smallest absolute Gasteiger partial charge is 0.233 e. The van der Waals surface area contributed by atoms with Gasteiger partial charge in [0.2, 0.25) is 5.91 Å². The van der Waals surface area contributed by atoms with E-state index in [-0.39, 0.29) is 5.91 Å². The summed E-state index contributed by atoms with van der Waals surface area (Å²) in [4.78, 5) is 15.8. The maximum Gasteiger partial charge on any atom is 0.233 e. The van der Waals surface area contributed by atoms with E-state index in [9.17, 15) is 4.79 Å². The highest BCUT2D eigenvalue weighted by Gasteiger charge is 2.29. The Morgan fingerprint density at radius 1 is 1.33 bits per heavy atom. The predicted molar refractivity (Wildman–Crippen MR) is 99.4 cm³/mol.